The van der Waals surface area contributed by atoms with Crippen LogP contribution in [-0.2, 0) is 61.7 Å². The molecule has 99 heavy (non-hydrogen) atoms. The number of hydrogen-bond acceptors (Lipinski definition) is 16. The average Bonchev–Trinajstić information content (AvgIpc) is 1.56. The first-order valence-corrected chi connectivity index (χ1v) is 38.4. The summed E-state index contributed by atoms with van der Waals surface area (Å²) in [4.78, 5) is 69.9. The summed E-state index contributed by atoms with van der Waals surface area (Å²) in [7, 11) is 0. The number of benzene rings is 3. The molecule has 0 spiro atoms. The van der Waals surface area contributed by atoms with E-state index in [2.05, 4.69) is 76.2 Å². The lowest BCUT2D eigenvalue weighted by molar-refractivity contribution is -0.362. The van der Waals surface area contributed by atoms with Crippen LogP contribution in [0.5, 0.6) is 0 Å². The SMILES string of the molecule is CCC1O[C@@H](O[C@H]2C(CC)O[C@@H](OC3[C@H](OC4CCC5(C)C(CCC6C5CCC5(C)C6CC(=O)C5[C@H](C)C(=O)CC[C@H](C)CO[C@@H]5OC(CC)[C@H](C)[C@H](OC(=O)c6ccccc6)C5OC(=O)c5ccccc5)C4)OC(COC(=O)c4ccccc4)[C@H](C)[C@@H]3C)C(C)[C@H]2C)C(C)[C@@H](C)[C@H]1C. The first-order valence-electron chi connectivity index (χ1n) is 38.4. The highest BCUT2D eigenvalue weighted by Gasteiger charge is 2.64. The summed E-state index contributed by atoms with van der Waals surface area (Å²) in [5.74, 6) is 0.267. The van der Waals surface area contributed by atoms with Gasteiger partial charge in [-0.3, -0.25) is 9.59 Å². The first kappa shape index (κ1) is 75.3. The highest BCUT2D eigenvalue weighted by atomic mass is 16.8. The fourth-order valence-corrected chi connectivity index (χ4v) is 19.8. The molecule has 30 atom stereocenters. The van der Waals surface area contributed by atoms with E-state index in [-0.39, 0.29) is 132 Å². The average molecular weight is 1370 g/mol. The second kappa shape index (κ2) is 32.4. The number of rotatable bonds is 24. The monoisotopic (exact) mass is 1370 g/mol. The highest BCUT2D eigenvalue weighted by Crippen LogP contribution is 2.68. The summed E-state index contributed by atoms with van der Waals surface area (Å²) in [5.41, 5.74) is 1.00. The van der Waals surface area contributed by atoms with Crippen molar-refractivity contribution >= 4 is 29.5 Å². The molecule has 4 aliphatic heterocycles. The van der Waals surface area contributed by atoms with Crippen LogP contribution in [0, 0.1) is 99.6 Å². The minimum absolute atomic E-state index is 0.0176. The molecular weight excluding hydrogens is 1250 g/mol. The standard InChI is InChI=1S/C83H118O16/c1-16-66-48(6)47(5)52(10)78(92-66)98-71-51(9)53(11)79(94-68(71)18-3)99-73-50(8)49(7)69(45-89-75(86)56-28-22-19-23-29-56)95-81(73)91-60-38-40-82(14)59(42-60)35-36-61-62(82)39-41-83(15)63(61)43-65(85)70(83)54(12)64(84)37-34-46(4)44-90-80-74(97-77(88)58-32-26-21-27-33-58)72(55(13)67(17-2)93-80)96-76(87)57-30-24-20-25-31-57/h19-33,46-55,59-63,66-74,78-81H,16-18,34-45H2,1-15H3/t46-,47-,48+,49+,50-,51+,52?,53?,54+,55-,59?,60?,61?,62?,63?,66?,67?,68?,69?,70?,71+,72-,73?,74?,78-,79-,80+,81+,82?,83?/m0/s1. The second-order valence-corrected chi connectivity index (χ2v) is 32.5. The van der Waals surface area contributed by atoms with E-state index in [1.807, 2.05) is 58.0 Å². The molecule has 8 fully saturated rings. The van der Waals surface area contributed by atoms with Crippen molar-refractivity contribution in [2.75, 3.05) is 13.2 Å². The van der Waals surface area contributed by atoms with Crippen LogP contribution < -0.4 is 0 Å². The lowest BCUT2D eigenvalue weighted by Crippen LogP contribution is -2.59. The maximum absolute atomic E-state index is 14.6. The van der Waals surface area contributed by atoms with Crippen LogP contribution >= 0.6 is 0 Å². The molecule has 0 bridgehead atoms. The Bertz CT molecular complexity index is 3160. The van der Waals surface area contributed by atoms with Crippen molar-refractivity contribution in [3.8, 4) is 0 Å². The quantitative estimate of drug-likeness (QED) is 0.0468. The summed E-state index contributed by atoms with van der Waals surface area (Å²) in [6, 6.07) is 26.5. The Kier molecular flexibility index (Phi) is 24.6. The molecule has 0 amide bonds. The van der Waals surface area contributed by atoms with E-state index in [9.17, 15) is 24.0 Å². The predicted molar refractivity (Wildman–Crippen MR) is 376 cm³/mol. The van der Waals surface area contributed by atoms with Gasteiger partial charge in [-0.25, -0.2) is 14.4 Å². The van der Waals surface area contributed by atoms with Crippen LogP contribution in [0.3, 0.4) is 0 Å². The molecule has 4 heterocycles. The number of carbonyl (C=O) groups is 5. The molecule has 16 heteroatoms. The Balaban J connectivity index is 0.720. The van der Waals surface area contributed by atoms with Crippen molar-refractivity contribution < 1.29 is 76.1 Å². The van der Waals surface area contributed by atoms with Gasteiger partial charge in [0.15, 0.2) is 31.3 Å². The van der Waals surface area contributed by atoms with Gasteiger partial charge >= 0.3 is 17.9 Å². The predicted octanol–water partition coefficient (Wildman–Crippen LogP) is 16.1. The topological polar surface area (TPSA) is 187 Å². The molecule has 546 valence electrons. The summed E-state index contributed by atoms with van der Waals surface area (Å²) in [5, 5.41) is 0. The zero-order valence-corrected chi connectivity index (χ0v) is 62.0. The van der Waals surface area contributed by atoms with Gasteiger partial charge < -0.3 is 52.1 Å². The van der Waals surface area contributed by atoms with Crippen molar-refractivity contribution in [3.63, 3.8) is 0 Å². The summed E-state index contributed by atoms with van der Waals surface area (Å²) in [6.07, 6.45) is 4.29. The third kappa shape index (κ3) is 15.8. The minimum atomic E-state index is -1.07. The maximum Gasteiger partial charge on any atom is 0.338 e. The summed E-state index contributed by atoms with van der Waals surface area (Å²) in [6.45, 7) is 33.2. The van der Waals surface area contributed by atoms with Crippen LogP contribution in [0.2, 0.25) is 0 Å². The second-order valence-electron chi connectivity index (χ2n) is 32.5. The zero-order valence-electron chi connectivity index (χ0n) is 62.0. The van der Waals surface area contributed by atoms with E-state index in [0.29, 0.717) is 72.0 Å². The van der Waals surface area contributed by atoms with Crippen LogP contribution in [0.25, 0.3) is 0 Å². The van der Waals surface area contributed by atoms with E-state index < -0.39 is 61.1 Å². The van der Waals surface area contributed by atoms with Gasteiger partial charge in [-0.05, 0) is 177 Å². The zero-order chi connectivity index (χ0) is 70.8. The van der Waals surface area contributed by atoms with Crippen molar-refractivity contribution in [3.05, 3.63) is 108 Å². The molecule has 4 saturated carbocycles. The molecule has 0 radical (unpaired) electrons. The number of carbonyl (C=O) groups excluding carboxylic acids is 5. The van der Waals surface area contributed by atoms with Crippen molar-refractivity contribution in [1.82, 2.24) is 0 Å². The van der Waals surface area contributed by atoms with E-state index >= 15 is 0 Å². The molecule has 16 unspecified atom stereocenters. The highest BCUT2D eigenvalue weighted by molar-refractivity contribution is 5.92. The lowest BCUT2D eigenvalue weighted by Gasteiger charge is -2.61. The fourth-order valence-electron chi connectivity index (χ4n) is 19.8. The number of fused-ring (bicyclic) bond motifs is 5. The number of Topliss-reactive ketones (excluding diaryl/α,β-unsaturated/α-hetero) is 2. The number of ketones is 2. The van der Waals surface area contributed by atoms with Crippen molar-refractivity contribution in [1.29, 1.82) is 0 Å². The van der Waals surface area contributed by atoms with Crippen LogP contribution in [0.15, 0.2) is 91.0 Å². The number of ether oxygens (including phenoxy) is 11. The molecule has 11 rings (SSSR count). The lowest BCUT2D eigenvalue weighted by atomic mass is 9.44. The van der Waals surface area contributed by atoms with E-state index in [1.54, 1.807) is 60.7 Å². The molecule has 4 saturated heterocycles. The molecule has 16 nitrogen and oxygen atoms in total. The Labute approximate surface area is 590 Å². The fraction of sp³-hybridized carbons (Fsp3) is 0.723. The van der Waals surface area contributed by atoms with Crippen molar-refractivity contribution in [2.24, 2.45) is 99.6 Å². The Morgan fingerprint density at radius 2 is 1.02 bits per heavy atom. The Morgan fingerprint density at radius 3 is 1.64 bits per heavy atom. The largest absolute Gasteiger partial charge is 0.459 e. The van der Waals surface area contributed by atoms with E-state index in [0.717, 1.165) is 57.8 Å². The number of hydrogen-bond donors (Lipinski definition) is 0. The Hall–Kier alpha value is -4.91. The van der Waals surface area contributed by atoms with Gasteiger partial charge in [0.2, 0.25) is 0 Å². The third-order valence-corrected chi connectivity index (χ3v) is 26.9. The molecule has 3 aromatic rings. The molecule has 4 aliphatic carbocycles. The molecule has 0 aromatic heterocycles. The Morgan fingerprint density at radius 1 is 0.505 bits per heavy atom. The first-order chi connectivity index (χ1) is 47.4. The summed E-state index contributed by atoms with van der Waals surface area (Å²) >= 11 is 0. The van der Waals surface area contributed by atoms with Crippen LogP contribution in [-0.4, -0.2) is 123 Å². The normalized spacial score (nSPS) is 41.2. The molecular formula is C83H118O16. The smallest absolute Gasteiger partial charge is 0.338 e. The van der Waals surface area contributed by atoms with Gasteiger partial charge in [0.1, 0.15) is 30.4 Å². The maximum atomic E-state index is 14.6. The van der Waals surface area contributed by atoms with Crippen LogP contribution in [0.4, 0.5) is 0 Å². The van der Waals surface area contributed by atoms with Gasteiger partial charge in [0.25, 0.3) is 0 Å². The van der Waals surface area contributed by atoms with Crippen LogP contribution in [0.1, 0.15) is 218 Å². The third-order valence-electron chi connectivity index (χ3n) is 26.9. The van der Waals surface area contributed by atoms with E-state index in [4.69, 9.17) is 52.1 Å². The summed E-state index contributed by atoms with van der Waals surface area (Å²) < 4.78 is 74.0. The van der Waals surface area contributed by atoms with Gasteiger partial charge in [0, 0.05) is 42.4 Å². The molecule has 3 aromatic carbocycles. The minimum Gasteiger partial charge on any atom is -0.459 e. The van der Waals surface area contributed by atoms with Gasteiger partial charge in [0.05, 0.1) is 59.9 Å². The van der Waals surface area contributed by atoms with Gasteiger partial charge in [-0.1, -0.05) is 158 Å². The van der Waals surface area contributed by atoms with Gasteiger partial charge in [-0.2, -0.15) is 0 Å². The van der Waals surface area contributed by atoms with Crippen molar-refractivity contribution in [2.45, 2.75) is 267 Å². The van der Waals surface area contributed by atoms with Gasteiger partial charge in [-0.15, -0.1) is 0 Å². The molecule has 0 N–H and O–H groups in total. The number of esters is 3. The molecule has 8 aliphatic rings. The van der Waals surface area contributed by atoms with E-state index in [1.165, 1.54) is 0 Å².